The zero-order valence-electron chi connectivity index (χ0n) is 16.5. The van der Waals surface area contributed by atoms with E-state index in [2.05, 4.69) is 10.8 Å². The number of hydrogen-bond donors (Lipinski definition) is 1. The van der Waals surface area contributed by atoms with Gasteiger partial charge in [0.1, 0.15) is 5.75 Å². The maximum Gasteiger partial charge on any atom is 0.262 e. The number of rotatable bonds is 5. The minimum absolute atomic E-state index is 0.0247. The molecule has 0 bridgehead atoms. The van der Waals surface area contributed by atoms with Crippen LogP contribution in [0.4, 0.5) is 5.69 Å². The number of nitrogens with zero attached hydrogens (tertiary/aromatic N) is 1. The Morgan fingerprint density at radius 1 is 0.967 bits per heavy atom. The minimum Gasteiger partial charge on any atom is -0.495 e. The first-order chi connectivity index (χ1) is 14.5. The Labute approximate surface area is 176 Å². The van der Waals surface area contributed by atoms with Gasteiger partial charge in [-0.25, -0.2) is 8.42 Å². The third kappa shape index (κ3) is 4.02. The van der Waals surface area contributed by atoms with Crippen LogP contribution in [0.5, 0.6) is 5.75 Å². The van der Waals surface area contributed by atoms with Gasteiger partial charge < -0.3 is 9.64 Å². The number of benzene rings is 3. The molecule has 30 heavy (non-hydrogen) atoms. The highest BCUT2D eigenvalue weighted by atomic mass is 32.2. The summed E-state index contributed by atoms with van der Waals surface area (Å²) >= 11 is 0. The van der Waals surface area contributed by atoms with Crippen LogP contribution in [-0.4, -0.2) is 32.9 Å². The van der Waals surface area contributed by atoms with E-state index in [0.29, 0.717) is 30.1 Å². The molecule has 1 aliphatic heterocycles. The van der Waals surface area contributed by atoms with Gasteiger partial charge in [0.25, 0.3) is 15.9 Å². The van der Waals surface area contributed by atoms with Crippen LogP contribution in [0, 0.1) is 0 Å². The van der Waals surface area contributed by atoms with Gasteiger partial charge in [-0.1, -0.05) is 42.5 Å². The summed E-state index contributed by atoms with van der Waals surface area (Å²) in [7, 11) is -2.41. The number of ether oxygens (including phenoxy) is 1. The predicted octanol–water partition coefficient (Wildman–Crippen LogP) is 3.69. The van der Waals surface area contributed by atoms with E-state index >= 15 is 0 Å². The van der Waals surface area contributed by atoms with E-state index in [9.17, 15) is 13.2 Å². The molecule has 0 saturated heterocycles. The smallest absolute Gasteiger partial charge is 0.262 e. The second kappa shape index (κ2) is 8.20. The molecule has 0 unspecified atom stereocenters. The lowest BCUT2D eigenvalue weighted by molar-refractivity contribution is 0.0734. The van der Waals surface area contributed by atoms with Gasteiger partial charge in [0, 0.05) is 18.7 Å². The molecule has 7 heteroatoms. The van der Waals surface area contributed by atoms with Crippen molar-refractivity contribution >= 4 is 21.6 Å². The van der Waals surface area contributed by atoms with Crippen LogP contribution in [0.2, 0.25) is 0 Å². The summed E-state index contributed by atoms with van der Waals surface area (Å²) in [5, 5.41) is 0. The fraction of sp³-hybridized carbons (Fsp3) is 0.174. The highest BCUT2D eigenvalue weighted by Crippen LogP contribution is 2.27. The summed E-state index contributed by atoms with van der Waals surface area (Å²) in [5.74, 6) is 0.235. The normalized spacial score (nSPS) is 13.4. The maximum atomic E-state index is 13.0. The molecule has 4 rings (SSSR count). The summed E-state index contributed by atoms with van der Waals surface area (Å²) in [6.45, 7) is 1.12. The summed E-state index contributed by atoms with van der Waals surface area (Å²) in [6, 6.07) is 20.9. The van der Waals surface area contributed by atoms with Gasteiger partial charge in [0.15, 0.2) is 0 Å². The van der Waals surface area contributed by atoms with Crippen molar-refractivity contribution in [2.24, 2.45) is 0 Å². The monoisotopic (exact) mass is 422 g/mol. The van der Waals surface area contributed by atoms with Crippen LogP contribution < -0.4 is 9.46 Å². The topological polar surface area (TPSA) is 75.7 Å². The highest BCUT2D eigenvalue weighted by Gasteiger charge is 2.23. The zero-order chi connectivity index (χ0) is 21.1. The van der Waals surface area contributed by atoms with Crippen LogP contribution >= 0.6 is 0 Å². The van der Waals surface area contributed by atoms with Crippen molar-refractivity contribution in [3.8, 4) is 5.75 Å². The molecule has 0 saturated carbocycles. The Bertz CT molecular complexity index is 1190. The van der Waals surface area contributed by atoms with E-state index in [0.717, 1.165) is 12.0 Å². The largest absolute Gasteiger partial charge is 0.495 e. The SMILES string of the molecule is COc1ccccc1NS(=O)(=O)c1cccc(C(=O)N2CCc3ccccc3C2)c1. The first-order valence-corrected chi connectivity index (χ1v) is 11.1. The molecule has 6 nitrogen and oxygen atoms in total. The quantitative estimate of drug-likeness (QED) is 0.680. The van der Waals surface area contributed by atoms with E-state index in [1.165, 1.54) is 24.8 Å². The average molecular weight is 423 g/mol. The van der Waals surface area contributed by atoms with E-state index in [4.69, 9.17) is 4.74 Å². The summed E-state index contributed by atoms with van der Waals surface area (Å²) in [4.78, 5) is 14.8. The Kier molecular flexibility index (Phi) is 5.46. The molecular weight excluding hydrogens is 400 g/mol. The van der Waals surface area contributed by atoms with Crippen molar-refractivity contribution in [1.29, 1.82) is 0 Å². The Morgan fingerprint density at radius 3 is 2.50 bits per heavy atom. The van der Waals surface area contributed by atoms with E-state index in [1.807, 2.05) is 18.2 Å². The second-order valence-corrected chi connectivity index (χ2v) is 8.76. The molecule has 0 radical (unpaired) electrons. The predicted molar refractivity (Wildman–Crippen MR) is 115 cm³/mol. The molecule has 0 aromatic heterocycles. The molecule has 0 aliphatic carbocycles. The Balaban J connectivity index is 1.57. The molecule has 154 valence electrons. The molecule has 0 atom stereocenters. The molecule has 1 amide bonds. The number of sulfonamides is 1. The van der Waals surface area contributed by atoms with Gasteiger partial charge in [-0.3, -0.25) is 9.52 Å². The number of hydrogen-bond acceptors (Lipinski definition) is 4. The molecule has 0 fully saturated rings. The van der Waals surface area contributed by atoms with Gasteiger partial charge >= 0.3 is 0 Å². The first-order valence-electron chi connectivity index (χ1n) is 9.60. The lowest BCUT2D eigenvalue weighted by atomic mass is 9.99. The van der Waals surface area contributed by atoms with Crippen LogP contribution in [0.15, 0.2) is 77.7 Å². The molecule has 1 aliphatic rings. The third-order valence-corrected chi connectivity index (χ3v) is 6.52. The van der Waals surface area contributed by atoms with Gasteiger partial charge in [-0.05, 0) is 47.9 Å². The number of para-hydroxylation sites is 2. The fourth-order valence-electron chi connectivity index (χ4n) is 3.58. The van der Waals surface area contributed by atoms with Crippen LogP contribution in [0.25, 0.3) is 0 Å². The fourth-order valence-corrected chi connectivity index (χ4v) is 4.70. The van der Waals surface area contributed by atoms with Gasteiger partial charge in [-0.2, -0.15) is 0 Å². The third-order valence-electron chi connectivity index (χ3n) is 5.16. The maximum absolute atomic E-state index is 13.0. The molecular formula is C23H22N2O4S. The first kappa shape index (κ1) is 20.0. The van der Waals surface area contributed by atoms with Gasteiger partial charge in [0.05, 0.1) is 17.7 Å². The van der Waals surface area contributed by atoms with E-state index in [-0.39, 0.29) is 10.8 Å². The number of methoxy groups -OCH3 is 1. The number of amides is 1. The summed E-state index contributed by atoms with van der Waals surface area (Å²) in [6.07, 6.45) is 0.787. The summed E-state index contributed by atoms with van der Waals surface area (Å²) < 4.78 is 33.5. The van der Waals surface area contributed by atoms with Crippen molar-refractivity contribution < 1.29 is 17.9 Å². The van der Waals surface area contributed by atoms with Crippen molar-refractivity contribution in [3.05, 3.63) is 89.5 Å². The van der Waals surface area contributed by atoms with Crippen molar-refractivity contribution in [2.45, 2.75) is 17.9 Å². The molecule has 0 spiro atoms. The molecule has 3 aromatic rings. The van der Waals surface area contributed by atoms with Crippen LogP contribution in [-0.2, 0) is 23.0 Å². The lowest BCUT2D eigenvalue weighted by Gasteiger charge is -2.29. The number of fused-ring (bicyclic) bond motifs is 1. The van der Waals surface area contributed by atoms with Crippen molar-refractivity contribution in [1.82, 2.24) is 4.90 Å². The zero-order valence-corrected chi connectivity index (χ0v) is 17.4. The van der Waals surface area contributed by atoms with Crippen molar-refractivity contribution in [3.63, 3.8) is 0 Å². The number of nitrogens with one attached hydrogen (secondary N) is 1. The Morgan fingerprint density at radius 2 is 1.70 bits per heavy atom. The lowest BCUT2D eigenvalue weighted by Crippen LogP contribution is -2.36. The highest BCUT2D eigenvalue weighted by molar-refractivity contribution is 7.92. The van der Waals surface area contributed by atoms with Gasteiger partial charge in [-0.15, -0.1) is 0 Å². The molecule has 1 N–H and O–H groups in total. The molecule has 1 heterocycles. The number of carbonyl (C=O) groups is 1. The number of anilines is 1. The van der Waals surface area contributed by atoms with Gasteiger partial charge in [0.2, 0.25) is 0 Å². The van der Waals surface area contributed by atoms with Crippen LogP contribution in [0.3, 0.4) is 0 Å². The van der Waals surface area contributed by atoms with E-state index in [1.54, 1.807) is 41.3 Å². The van der Waals surface area contributed by atoms with E-state index < -0.39 is 10.0 Å². The second-order valence-electron chi connectivity index (χ2n) is 7.08. The standard InChI is InChI=1S/C23H22N2O4S/c1-29-22-12-5-4-11-21(22)24-30(27,28)20-10-6-9-18(15-20)23(26)25-14-13-17-7-2-3-8-19(17)16-25/h2-12,15,24H,13-14,16H2,1H3. The van der Waals surface area contributed by atoms with Crippen LogP contribution in [0.1, 0.15) is 21.5 Å². The minimum atomic E-state index is -3.88. The summed E-state index contributed by atoms with van der Waals surface area (Å²) in [5.41, 5.74) is 3.05. The molecule has 3 aromatic carbocycles. The van der Waals surface area contributed by atoms with Crippen molar-refractivity contribution in [2.75, 3.05) is 18.4 Å². The Hall–Kier alpha value is -3.32. The average Bonchev–Trinajstić information content (AvgIpc) is 2.78. The number of carbonyl (C=O) groups excluding carboxylic acids is 1.